The average molecular weight is 328 g/mol. The number of carbonyl (C=O) groups is 1. The topological polar surface area (TPSA) is 133 Å². The predicted octanol–water partition coefficient (Wildman–Crippen LogP) is 0.805. The van der Waals surface area contributed by atoms with Gasteiger partial charge in [0.2, 0.25) is 0 Å². The van der Waals surface area contributed by atoms with Crippen LogP contribution in [0.3, 0.4) is 0 Å². The summed E-state index contributed by atoms with van der Waals surface area (Å²) in [4.78, 5) is 20.3. The van der Waals surface area contributed by atoms with Crippen LogP contribution < -0.4 is 22.5 Å². The fraction of sp³-hybridized carbons (Fsp3) is 0.353. The van der Waals surface area contributed by atoms with E-state index >= 15 is 0 Å². The van der Waals surface area contributed by atoms with Crippen LogP contribution in [0.15, 0.2) is 24.3 Å². The molecule has 7 N–H and O–H groups in total. The minimum atomic E-state index is -0.369. The van der Waals surface area contributed by atoms with Gasteiger partial charge in [0.15, 0.2) is 11.5 Å². The molecule has 128 valence electrons. The molecule has 7 nitrogen and oxygen atoms in total. The monoisotopic (exact) mass is 328 g/mol. The molecular formula is C17H24N6O. The maximum Gasteiger partial charge on any atom is 0.273 e. The molecule has 0 saturated carbocycles. The molecule has 0 fully saturated rings. The van der Waals surface area contributed by atoms with E-state index in [0.717, 1.165) is 6.42 Å². The van der Waals surface area contributed by atoms with Crippen LogP contribution >= 0.6 is 0 Å². The number of aryl methyl sites for hydroxylation is 2. The number of hydrogen-bond acceptors (Lipinski definition) is 6. The van der Waals surface area contributed by atoms with Crippen molar-refractivity contribution in [3.63, 3.8) is 0 Å². The van der Waals surface area contributed by atoms with Crippen LogP contribution in [0.2, 0.25) is 0 Å². The number of benzene rings is 1. The molecule has 1 amide bonds. The Morgan fingerprint density at radius 2 is 1.88 bits per heavy atom. The highest BCUT2D eigenvalue weighted by molar-refractivity contribution is 5.96. The number of nitrogens with one attached hydrogen (secondary N) is 1. The number of nitrogens with two attached hydrogens (primary N) is 3. The van der Waals surface area contributed by atoms with Gasteiger partial charge in [-0.15, -0.1) is 0 Å². The first-order chi connectivity index (χ1) is 11.4. The van der Waals surface area contributed by atoms with Crippen LogP contribution in [0.1, 0.15) is 27.3 Å². The summed E-state index contributed by atoms with van der Waals surface area (Å²) in [6, 6.07) is 8.15. The summed E-state index contributed by atoms with van der Waals surface area (Å²) in [5.74, 6) is 0.00712. The molecule has 1 aromatic heterocycles. The standard InChI is InChI=1S/C17H24N6O/c1-10-5-3-4-6-13(10)7-12(8-18)9-21-17(24)14-16(20)23-15(19)11(2)22-14/h3-6,12H,7-9,18H2,1-2H3,(H,21,24)(H4,19,20,23)/t12-/m0/s1. The van der Waals surface area contributed by atoms with Gasteiger partial charge in [-0.2, -0.15) is 0 Å². The summed E-state index contributed by atoms with van der Waals surface area (Å²) >= 11 is 0. The van der Waals surface area contributed by atoms with Gasteiger partial charge in [0.25, 0.3) is 5.91 Å². The number of nitrogen functional groups attached to an aromatic ring is 2. The third kappa shape index (κ3) is 4.20. The van der Waals surface area contributed by atoms with Crippen LogP contribution in [-0.2, 0) is 6.42 Å². The Hall–Kier alpha value is -2.67. The van der Waals surface area contributed by atoms with Crippen molar-refractivity contribution >= 4 is 17.5 Å². The van der Waals surface area contributed by atoms with Gasteiger partial charge in [0.05, 0.1) is 5.69 Å². The lowest BCUT2D eigenvalue weighted by atomic mass is 9.96. The van der Waals surface area contributed by atoms with Crippen molar-refractivity contribution in [2.24, 2.45) is 11.7 Å². The van der Waals surface area contributed by atoms with Gasteiger partial charge in [-0.1, -0.05) is 24.3 Å². The number of anilines is 2. The summed E-state index contributed by atoms with van der Waals surface area (Å²) in [5, 5.41) is 2.83. The molecule has 1 heterocycles. The Bertz CT molecular complexity index is 731. The maximum atomic E-state index is 12.3. The van der Waals surface area contributed by atoms with Crippen LogP contribution in [0.4, 0.5) is 11.6 Å². The highest BCUT2D eigenvalue weighted by Crippen LogP contribution is 2.14. The molecule has 0 spiro atoms. The van der Waals surface area contributed by atoms with Crippen molar-refractivity contribution in [2.75, 3.05) is 24.6 Å². The molecule has 0 radical (unpaired) electrons. The summed E-state index contributed by atoms with van der Waals surface area (Å²) in [6.07, 6.45) is 0.797. The van der Waals surface area contributed by atoms with Crippen LogP contribution in [0, 0.1) is 19.8 Å². The van der Waals surface area contributed by atoms with Crippen molar-refractivity contribution in [1.29, 1.82) is 0 Å². The van der Waals surface area contributed by atoms with Crippen LogP contribution in [-0.4, -0.2) is 29.0 Å². The average Bonchev–Trinajstić information content (AvgIpc) is 2.56. The van der Waals surface area contributed by atoms with E-state index in [9.17, 15) is 4.79 Å². The molecule has 7 heteroatoms. The molecule has 0 bridgehead atoms. The first kappa shape index (κ1) is 17.7. The van der Waals surface area contributed by atoms with Crippen molar-refractivity contribution in [2.45, 2.75) is 20.3 Å². The van der Waals surface area contributed by atoms with Gasteiger partial charge < -0.3 is 22.5 Å². The zero-order chi connectivity index (χ0) is 17.7. The van der Waals surface area contributed by atoms with Crippen molar-refractivity contribution in [3.05, 3.63) is 46.8 Å². The van der Waals surface area contributed by atoms with Gasteiger partial charge in [-0.3, -0.25) is 4.79 Å². The molecule has 0 aliphatic heterocycles. The lowest BCUT2D eigenvalue weighted by Gasteiger charge is -2.17. The maximum absolute atomic E-state index is 12.3. The minimum absolute atomic E-state index is 0.0267. The molecule has 1 aromatic carbocycles. The normalized spacial score (nSPS) is 12.0. The van der Waals surface area contributed by atoms with Gasteiger partial charge in [0.1, 0.15) is 5.82 Å². The Kier molecular flexibility index (Phi) is 5.70. The summed E-state index contributed by atoms with van der Waals surface area (Å²) < 4.78 is 0. The summed E-state index contributed by atoms with van der Waals surface area (Å²) in [7, 11) is 0. The lowest BCUT2D eigenvalue weighted by molar-refractivity contribution is 0.0943. The minimum Gasteiger partial charge on any atom is -0.382 e. The fourth-order valence-electron chi connectivity index (χ4n) is 2.42. The van der Waals surface area contributed by atoms with E-state index < -0.39 is 0 Å². The highest BCUT2D eigenvalue weighted by Gasteiger charge is 2.17. The van der Waals surface area contributed by atoms with E-state index in [-0.39, 0.29) is 29.2 Å². The quantitative estimate of drug-likeness (QED) is 0.620. The van der Waals surface area contributed by atoms with Crippen LogP contribution in [0.25, 0.3) is 0 Å². The largest absolute Gasteiger partial charge is 0.382 e. The Morgan fingerprint density at radius 1 is 1.17 bits per heavy atom. The number of hydrogen-bond donors (Lipinski definition) is 4. The van der Waals surface area contributed by atoms with Gasteiger partial charge in [-0.05, 0) is 43.9 Å². The first-order valence-corrected chi connectivity index (χ1v) is 7.84. The van der Waals surface area contributed by atoms with Crippen LogP contribution in [0.5, 0.6) is 0 Å². The molecular weight excluding hydrogens is 304 g/mol. The number of rotatable bonds is 6. The number of nitrogens with zero attached hydrogens (tertiary/aromatic N) is 2. The molecule has 0 aliphatic carbocycles. The third-order valence-electron chi connectivity index (χ3n) is 4.00. The van der Waals surface area contributed by atoms with Crippen molar-refractivity contribution < 1.29 is 4.79 Å². The molecule has 0 aliphatic rings. The Morgan fingerprint density at radius 3 is 2.54 bits per heavy atom. The number of carbonyl (C=O) groups excluding carboxylic acids is 1. The molecule has 2 rings (SSSR count). The first-order valence-electron chi connectivity index (χ1n) is 7.84. The van der Waals surface area contributed by atoms with E-state index in [1.165, 1.54) is 11.1 Å². The van der Waals surface area contributed by atoms with E-state index in [0.29, 0.717) is 18.8 Å². The van der Waals surface area contributed by atoms with Gasteiger partial charge in [-0.25, -0.2) is 9.97 Å². The molecule has 24 heavy (non-hydrogen) atoms. The van der Waals surface area contributed by atoms with Gasteiger partial charge >= 0.3 is 0 Å². The number of aromatic nitrogens is 2. The molecule has 1 atom stereocenters. The predicted molar refractivity (Wildman–Crippen MR) is 95.4 cm³/mol. The Balaban J connectivity index is 2.02. The number of amides is 1. The van der Waals surface area contributed by atoms with E-state index in [2.05, 4.69) is 34.3 Å². The van der Waals surface area contributed by atoms with E-state index in [1.54, 1.807) is 6.92 Å². The molecule has 0 saturated heterocycles. The van der Waals surface area contributed by atoms with Crippen molar-refractivity contribution in [1.82, 2.24) is 15.3 Å². The second-order valence-electron chi connectivity index (χ2n) is 5.87. The molecule has 0 unspecified atom stereocenters. The van der Waals surface area contributed by atoms with E-state index in [1.807, 2.05) is 12.1 Å². The summed E-state index contributed by atoms with van der Waals surface area (Å²) in [6.45, 7) is 4.65. The van der Waals surface area contributed by atoms with E-state index in [4.69, 9.17) is 17.2 Å². The Labute approximate surface area is 141 Å². The van der Waals surface area contributed by atoms with Crippen molar-refractivity contribution in [3.8, 4) is 0 Å². The fourth-order valence-corrected chi connectivity index (χ4v) is 2.42. The van der Waals surface area contributed by atoms with Gasteiger partial charge in [0, 0.05) is 6.54 Å². The summed E-state index contributed by atoms with van der Waals surface area (Å²) in [5.41, 5.74) is 20.2. The molecule has 2 aromatic rings. The smallest absolute Gasteiger partial charge is 0.273 e. The zero-order valence-corrected chi connectivity index (χ0v) is 14.0. The third-order valence-corrected chi connectivity index (χ3v) is 4.00. The second-order valence-corrected chi connectivity index (χ2v) is 5.87. The highest BCUT2D eigenvalue weighted by atomic mass is 16.1. The lowest BCUT2D eigenvalue weighted by Crippen LogP contribution is -2.35. The SMILES string of the molecule is Cc1ccccc1C[C@@H](CN)CNC(=O)c1nc(C)c(N)nc1N. The zero-order valence-electron chi connectivity index (χ0n) is 14.0. The second kappa shape index (κ2) is 7.74.